The van der Waals surface area contributed by atoms with Crippen LogP contribution in [0.1, 0.15) is 0 Å². The van der Waals surface area contributed by atoms with E-state index in [1.807, 2.05) is 12.3 Å². The van der Waals surface area contributed by atoms with E-state index in [0.29, 0.717) is 17.5 Å². The summed E-state index contributed by atoms with van der Waals surface area (Å²) in [6.07, 6.45) is 1.91. The number of aromatic nitrogens is 5. The summed E-state index contributed by atoms with van der Waals surface area (Å²) in [6.45, 7) is 0. The van der Waals surface area contributed by atoms with E-state index in [1.165, 1.54) is 16.2 Å². The lowest BCUT2D eigenvalue weighted by molar-refractivity contribution is 1.08. The Morgan fingerprint density at radius 2 is 0.759 bits per heavy atom. The fourth-order valence-electron chi connectivity index (χ4n) is 8.04. The van der Waals surface area contributed by atoms with E-state index in [1.54, 1.807) is 0 Å². The highest BCUT2D eigenvalue weighted by Gasteiger charge is 2.21. The van der Waals surface area contributed by atoms with Gasteiger partial charge < -0.3 is 0 Å². The Morgan fingerprint density at radius 1 is 0.278 bits per heavy atom. The number of hydrogen-bond donors (Lipinski definition) is 0. The molecule has 0 N–H and O–H groups in total. The minimum absolute atomic E-state index is 0.563. The molecule has 0 bridgehead atoms. The number of hydrogen-bond acceptors (Lipinski definition) is 5. The van der Waals surface area contributed by atoms with Crippen molar-refractivity contribution in [1.29, 1.82) is 0 Å². The van der Waals surface area contributed by atoms with Crippen LogP contribution in [0.2, 0.25) is 0 Å². The zero-order valence-corrected chi connectivity index (χ0v) is 29.0. The van der Waals surface area contributed by atoms with Gasteiger partial charge in [-0.05, 0) is 43.8 Å². The predicted octanol–water partition coefficient (Wildman–Crippen LogP) is 12.2. The van der Waals surface area contributed by atoms with Crippen LogP contribution in [-0.4, -0.2) is 24.9 Å². The summed E-state index contributed by atoms with van der Waals surface area (Å²) in [6, 6.07) is 59.0. The van der Waals surface area contributed by atoms with Crippen LogP contribution in [-0.2, 0) is 0 Å². The summed E-state index contributed by atoms with van der Waals surface area (Å²) in [5, 5.41) is 12.2. The molecular formula is C49H29N5. The van der Waals surface area contributed by atoms with Crippen LogP contribution in [0.15, 0.2) is 176 Å². The first-order valence-corrected chi connectivity index (χ1v) is 18.1. The molecule has 5 heteroatoms. The highest BCUT2D eigenvalue weighted by atomic mass is 15.0. The molecule has 3 aromatic heterocycles. The number of nitrogens with zero attached hydrogens (tertiary/aromatic N) is 5. The van der Waals surface area contributed by atoms with Crippen LogP contribution >= 0.6 is 0 Å². The molecule has 0 aliphatic heterocycles. The molecule has 8 aromatic carbocycles. The molecule has 0 aliphatic carbocycles. The molecule has 0 amide bonds. The van der Waals surface area contributed by atoms with Crippen molar-refractivity contribution in [3.8, 4) is 45.6 Å². The molecule has 0 radical (unpaired) electrons. The second kappa shape index (κ2) is 12.1. The maximum Gasteiger partial charge on any atom is 0.166 e. The third-order valence-corrected chi connectivity index (χ3v) is 10.5. The molecular weight excluding hydrogens is 659 g/mol. The second-order valence-corrected chi connectivity index (χ2v) is 13.6. The molecule has 3 heterocycles. The van der Waals surface area contributed by atoms with E-state index < -0.39 is 0 Å². The van der Waals surface area contributed by atoms with Gasteiger partial charge in [0.05, 0.1) is 16.9 Å². The van der Waals surface area contributed by atoms with Gasteiger partial charge in [-0.1, -0.05) is 164 Å². The summed E-state index contributed by atoms with van der Waals surface area (Å²) in [5.41, 5.74) is 5.33. The fraction of sp³-hybridized carbons (Fsp3) is 0. The molecule has 11 aromatic rings. The van der Waals surface area contributed by atoms with Gasteiger partial charge >= 0.3 is 0 Å². The lowest BCUT2D eigenvalue weighted by atomic mass is 9.95. The number of rotatable bonds is 4. The number of para-hydroxylation sites is 1. The Kier molecular flexibility index (Phi) is 6.79. The van der Waals surface area contributed by atoms with Crippen molar-refractivity contribution >= 4 is 64.8 Å². The zero-order valence-electron chi connectivity index (χ0n) is 29.0. The molecule has 5 nitrogen and oxygen atoms in total. The highest BCUT2D eigenvalue weighted by Crippen LogP contribution is 2.40. The van der Waals surface area contributed by atoms with Crippen LogP contribution in [0.5, 0.6) is 0 Å². The van der Waals surface area contributed by atoms with Crippen LogP contribution in [0.3, 0.4) is 0 Å². The maximum absolute atomic E-state index is 5.29. The molecule has 54 heavy (non-hydrogen) atoms. The van der Waals surface area contributed by atoms with Crippen molar-refractivity contribution in [2.45, 2.75) is 0 Å². The lowest BCUT2D eigenvalue weighted by Crippen LogP contribution is -2.02. The molecule has 250 valence electrons. The molecule has 0 atom stereocenters. The van der Waals surface area contributed by atoms with E-state index >= 15 is 0 Å². The monoisotopic (exact) mass is 687 g/mol. The first kappa shape index (κ1) is 30.3. The van der Waals surface area contributed by atoms with E-state index in [4.69, 9.17) is 24.9 Å². The number of benzene rings is 8. The minimum atomic E-state index is 0.563. The minimum Gasteiger partial charge on any atom is -0.253 e. The van der Waals surface area contributed by atoms with Crippen molar-refractivity contribution in [2.24, 2.45) is 0 Å². The number of pyridine rings is 2. The zero-order chi connectivity index (χ0) is 35.6. The second-order valence-electron chi connectivity index (χ2n) is 13.6. The quantitative estimate of drug-likeness (QED) is 0.172. The SMILES string of the molecule is c1ccc2c(-c3nc(-c4cccc5ccccc45)nc(-c4cnc(-c5nc6ccccc6c6c5ccc5ccccc56)c5ccccc45)n3)cccc2c1. The van der Waals surface area contributed by atoms with Gasteiger partial charge in [0.25, 0.3) is 0 Å². The average Bonchev–Trinajstić information content (AvgIpc) is 3.25. The van der Waals surface area contributed by atoms with Gasteiger partial charge in [0, 0.05) is 44.4 Å². The van der Waals surface area contributed by atoms with Crippen molar-refractivity contribution in [2.75, 3.05) is 0 Å². The molecule has 0 saturated carbocycles. The Hall–Kier alpha value is -7.37. The third-order valence-electron chi connectivity index (χ3n) is 10.5. The van der Waals surface area contributed by atoms with Crippen LogP contribution in [0.25, 0.3) is 110 Å². The molecule has 0 fully saturated rings. The van der Waals surface area contributed by atoms with Crippen LogP contribution in [0.4, 0.5) is 0 Å². The lowest BCUT2D eigenvalue weighted by Gasteiger charge is -2.15. The third kappa shape index (κ3) is 4.76. The Bertz CT molecular complexity index is 3170. The van der Waals surface area contributed by atoms with Crippen molar-refractivity contribution in [1.82, 2.24) is 24.9 Å². The Labute approximate surface area is 310 Å². The van der Waals surface area contributed by atoms with Crippen LogP contribution < -0.4 is 0 Å². The van der Waals surface area contributed by atoms with E-state index in [9.17, 15) is 0 Å². The van der Waals surface area contributed by atoms with Crippen LogP contribution in [0, 0.1) is 0 Å². The first-order chi connectivity index (χ1) is 26.8. The highest BCUT2D eigenvalue weighted by molar-refractivity contribution is 6.23. The fourth-order valence-corrected chi connectivity index (χ4v) is 8.04. The van der Waals surface area contributed by atoms with Crippen molar-refractivity contribution in [3.63, 3.8) is 0 Å². The van der Waals surface area contributed by atoms with Gasteiger partial charge in [-0.3, -0.25) is 4.98 Å². The predicted molar refractivity (Wildman–Crippen MR) is 222 cm³/mol. The first-order valence-electron chi connectivity index (χ1n) is 18.1. The molecule has 0 saturated heterocycles. The molecule has 0 aliphatic rings. The number of fused-ring (bicyclic) bond motifs is 8. The summed E-state index contributed by atoms with van der Waals surface area (Å²) in [7, 11) is 0. The van der Waals surface area contributed by atoms with Gasteiger partial charge in [0.15, 0.2) is 17.5 Å². The van der Waals surface area contributed by atoms with Gasteiger partial charge in [0.1, 0.15) is 0 Å². The summed E-state index contributed by atoms with van der Waals surface area (Å²) in [4.78, 5) is 26.2. The maximum atomic E-state index is 5.29. The van der Waals surface area contributed by atoms with Gasteiger partial charge in [-0.15, -0.1) is 0 Å². The molecule has 11 rings (SSSR count). The van der Waals surface area contributed by atoms with Crippen molar-refractivity contribution in [3.05, 3.63) is 176 Å². The van der Waals surface area contributed by atoms with E-state index in [0.717, 1.165) is 76.7 Å². The Morgan fingerprint density at radius 3 is 1.41 bits per heavy atom. The average molecular weight is 688 g/mol. The van der Waals surface area contributed by atoms with Gasteiger partial charge in [-0.25, -0.2) is 19.9 Å². The smallest absolute Gasteiger partial charge is 0.166 e. The summed E-state index contributed by atoms with van der Waals surface area (Å²) in [5.74, 6) is 1.79. The van der Waals surface area contributed by atoms with Gasteiger partial charge in [0.2, 0.25) is 0 Å². The van der Waals surface area contributed by atoms with Gasteiger partial charge in [-0.2, -0.15) is 0 Å². The van der Waals surface area contributed by atoms with Crippen molar-refractivity contribution < 1.29 is 0 Å². The Balaban J connectivity index is 1.19. The van der Waals surface area contributed by atoms with E-state index in [-0.39, 0.29) is 0 Å². The van der Waals surface area contributed by atoms with E-state index in [2.05, 4.69) is 164 Å². The summed E-state index contributed by atoms with van der Waals surface area (Å²) >= 11 is 0. The largest absolute Gasteiger partial charge is 0.253 e. The topological polar surface area (TPSA) is 64.5 Å². The molecule has 0 unspecified atom stereocenters. The molecule has 0 spiro atoms. The standard InChI is InChI=1S/C49H29N5/c1-4-18-33-30(13-1)16-11-24-38(33)47-52-48(39-25-12-17-31-14-2-5-19-34(31)39)54-49(53-47)42-29-50-45(37-22-8-7-21-36(37)42)46-41-28-27-32-15-3-6-20-35(32)44(41)40-23-9-10-26-43(40)51-46/h1-29H. The normalized spacial score (nSPS) is 11.7. The summed E-state index contributed by atoms with van der Waals surface area (Å²) < 4.78 is 0.